The van der Waals surface area contributed by atoms with Crippen molar-refractivity contribution in [3.63, 3.8) is 0 Å². The van der Waals surface area contributed by atoms with Gasteiger partial charge >= 0.3 is 0 Å². The number of rotatable bonds is 3. The molecule has 0 saturated carbocycles. The largest absolute Gasteiger partial charge is 0.324 e. The van der Waals surface area contributed by atoms with E-state index in [4.69, 9.17) is 17.3 Å². The lowest BCUT2D eigenvalue weighted by molar-refractivity contribution is 0.619. The molecule has 0 aliphatic heterocycles. The molecule has 2 N–H and O–H groups in total. The van der Waals surface area contributed by atoms with Gasteiger partial charge < -0.3 is 5.73 Å². The molecule has 1 aromatic heterocycles. The van der Waals surface area contributed by atoms with Crippen LogP contribution < -0.4 is 5.73 Å². The topological polar surface area (TPSA) is 38.9 Å². The first-order chi connectivity index (χ1) is 8.58. The van der Waals surface area contributed by atoms with Crippen LogP contribution in [0.2, 0.25) is 5.02 Å². The number of hydrogen-bond acceptors (Lipinski definition) is 3. The number of aromatic nitrogens is 1. The molecular formula is C13H12ClFN2S. The summed E-state index contributed by atoms with van der Waals surface area (Å²) in [5, 5.41) is 1.26. The first-order valence-electron chi connectivity index (χ1n) is 5.41. The van der Waals surface area contributed by atoms with Crippen LogP contribution in [0.15, 0.2) is 46.5 Å². The summed E-state index contributed by atoms with van der Waals surface area (Å²) in [5.74, 6) is -0.293. The average Bonchev–Trinajstić information content (AvgIpc) is 2.34. The molecule has 0 radical (unpaired) electrons. The Hall–Kier alpha value is -1.10. The molecular weight excluding hydrogens is 271 g/mol. The van der Waals surface area contributed by atoms with E-state index in [-0.39, 0.29) is 11.9 Å². The van der Waals surface area contributed by atoms with Crippen LogP contribution in [0, 0.1) is 5.82 Å². The quantitative estimate of drug-likeness (QED) is 0.923. The second-order valence-electron chi connectivity index (χ2n) is 3.86. The maximum absolute atomic E-state index is 13.2. The smallest absolute Gasteiger partial charge is 0.123 e. The van der Waals surface area contributed by atoms with Gasteiger partial charge in [0.15, 0.2) is 0 Å². The molecule has 2 rings (SSSR count). The SMILES string of the molecule is CC(N)c1cc(F)ccc1Sc1ncccc1Cl. The molecule has 0 amide bonds. The molecule has 5 heteroatoms. The van der Waals surface area contributed by atoms with Crippen LogP contribution in [-0.4, -0.2) is 4.98 Å². The van der Waals surface area contributed by atoms with E-state index in [1.165, 1.54) is 23.9 Å². The molecule has 0 bridgehead atoms. The van der Waals surface area contributed by atoms with Gasteiger partial charge in [0.2, 0.25) is 0 Å². The zero-order valence-corrected chi connectivity index (χ0v) is 11.3. The molecule has 18 heavy (non-hydrogen) atoms. The lowest BCUT2D eigenvalue weighted by Crippen LogP contribution is -2.06. The second-order valence-corrected chi connectivity index (χ2v) is 5.30. The third kappa shape index (κ3) is 3.02. The van der Waals surface area contributed by atoms with Crippen molar-refractivity contribution in [2.24, 2.45) is 5.73 Å². The Balaban J connectivity index is 2.37. The maximum Gasteiger partial charge on any atom is 0.123 e. The van der Waals surface area contributed by atoms with Gasteiger partial charge in [-0.05, 0) is 42.8 Å². The van der Waals surface area contributed by atoms with E-state index < -0.39 is 0 Å². The monoisotopic (exact) mass is 282 g/mol. The molecule has 2 nitrogen and oxygen atoms in total. The molecule has 0 fully saturated rings. The lowest BCUT2D eigenvalue weighted by Gasteiger charge is -2.12. The first-order valence-corrected chi connectivity index (χ1v) is 6.61. The second kappa shape index (κ2) is 5.69. The van der Waals surface area contributed by atoms with Crippen LogP contribution in [0.4, 0.5) is 4.39 Å². The number of benzene rings is 1. The van der Waals surface area contributed by atoms with E-state index >= 15 is 0 Å². The van der Waals surface area contributed by atoms with Gasteiger partial charge in [-0.1, -0.05) is 23.4 Å². The van der Waals surface area contributed by atoms with E-state index in [0.717, 1.165) is 10.5 Å². The van der Waals surface area contributed by atoms with E-state index in [1.807, 2.05) is 6.92 Å². The van der Waals surface area contributed by atoms with Crippen molar-refractivity contribution in [3.8, 4) is 0 Å². The normalized spacial score (nSPS) is 12.4. The van der Waals surface area contributed by atoms with Crippen LogP contribution in [0.3, 0.4) is 0 Å². The van der Waals surface area contributed by atoms with Gasteiger partial charge in [0, 0.05) is 17.1 Å². The van der Waals surface area contributed by atoms with Crippen LogP contribution >= 0.6 is 23.4 Å². The fourth-order valence-electron chi connectivity index (χ4n) is 1.52. The summed E-state index contributed by atoms with van der Waals surface area (Å²) in [7, 11) is 0. The van der Waals surface area contributed by atoms with E-state index in [1.54, 1.807) is 24.4 Å². The van der Waals surface area contributed by atoms with Crippen molar-refractivity contribution in [1.82, 2.24) is 4.98 Å². The summed E-state index contributed by atoms with van der Waals surface area (Å²) in [6, 6.07) is 7.85. The highest BCUT2D eigenvalue weighted by atomic mass is 35.5. The highest BCUT2D eigenvalue weighted by Crippen LogP contribution is 2.35. The van der Waals surface area contributed by atoms with Crippen LogP contribution in [-0.2, 0) is 0 Å². The average molecular weight is 283 g/mol. The highest BCUT2D eigenvalue weighted by Gasteiger charge is 2.11. The van der Waals surface area contributed by atoms with Gasteiger partial charge in [-0.2, -0.15) is 0 Å². The Bertz CT molecular complexity index is 560. The molecule has 0 saturated heterocycles. The predicted molar refractivity (Wildman–Crippen MR) is 72.4 cm³/mol. The number of hydrogen-bond donors (Lipinski definition) is 1. The minimum atomic E-state index is -0.293. The van der Waals surface area contributed by atoms with Crippen LogP contribution in [0.5, 0.6) is 0 Å². The maximum atomic E-state index is 13.2. The van der Waals surface area contributed by atoms with Crippen LogP contribution in [0.1, 0.15) is 18.5 Å². The third-order valence-corrected chi connectivity index (χ3v) is 3.92. The fraction of sp³-hybridized carbons (Fsp3) is 0.154. The van der Waals surface area contributed by atoms with Crippen molar-refractivity contribution in [2.45, 2.75) is 22.9 Å². The summed E-state index contributed by atoms with van der Waals surface area (Å²) in [4.78, 5) is 5.06. The molecule has 1 aromatic carbocycles. The van der Waals surface area contributed by atoms with E-state index in [9.17, 15) is 4.39 Å². The summed E-state index contributed by atoms with van der Waals surface area (Å²) in [6.07, 6.45) is 1.67. The zero-order valence-electron chi connectivity index (χ0n) is 9.73. The Labute approximate surface area is 114 Å². The van der Waals surface area contributed by atoms with Crippen molar-refractivity contribution >= 4 is 23.4 Å². The van der Waals surface area contributed by atoms with Crippen molar-refractivity contribution < 1.29 is 4.39 Å². The lowest BCUT2D eigenvalue weighted by atomic mass is 10.1. The van der Waals surface area contributed by atoms with Gasteiger partial charge in [-0.25, -0.2) is 9.37 Å². The Kier molecular flexibility index (Phi) is 4.22. The van der Waals surface area contributed by atoms with Gasteiger partial charge in [0.05, 0.1) is 5.02 Å². The summed E-state index contributed by atoms with van der Waals surface area (Å²) in [5.41, 5.74) is 6.59. The molecule has 1 atom stereocenters. The van der Waals surface area contributed by atoms with E-state index in [2.05, 4.69) is 4.98 Å². The summed E-state index contributed by atoms with van der Waals surface area (Å²) >= 11 is 7.44. The standard InChI is InChI=1S/C13H12ClFN2S/c1-8(16)10-7-9(15)4-5-12(10)18-13-11(14)3-2-6-17-13/h2-8H,16H2,1H3. The molecule has 0 aliphatic rings. The minimum Gasteiger partial charge on any atom is -0.324 e. The zero-order chi connectivity index (χ0) is 13.1. The number of nitrogens with two attached hydrogens (primary N) is 1. The number of halogens is 2. The molecule has 0 spiro atoms. The Morgan fingerprint density at radius 1 is 1.39 bits per heavy atom. The minimum absolute atomic E-state index is 0.245. The molecule has 0 aliphatic carbocycles. The van der Waals surface area contributed by atoms with Gasteiger partial charge in [-0.15, -0.1) is 0 Å². The first kappa shape index (κ1) is 13.3. The summed E-state index contributed by atoms with van der Waals surface area (Å²) in [6.45, 7) is 1.82. The number of nitrogens with zero attached hydrogens (tertiary/aromatic N) is 1. The predicted octanol–water partition coefficient (Wildman–Crippen LogP) is 4.05. The summed E-state index contributed by atoms with van der Waals surface area (Å²) < 4.78 is 13.2. The highest BCUT2D eigenvalue weighted by molar-refractivity contribution is 7.99. The van der Waals surface area contributed by atoms with Crippen molar-refractivity contribution in [3.05, 3.63) is 52.9 Å². The van der Waals surface area contributed by atoms with Crippen molar-refractivity contribution in [1.29, 1.82) is 0 Å². The van der Waals surface area contributed by atoms with Gasteiger partial charge in [0.25, 0.3) is 0 Å². The molecule has 94 valence electrons. The Morgan fingerprint density at radius 2 is 2.17 bits per heavy atom. The molecule has 1 unspecified atom stereocenters. The van der Waals surface area contributed by atoms with E-state index in [0.29, 0.717) is 10.0 Å². The Morgan fingerprint density at radius 3 is 2.83 bits per heavy atom. The molecule has 2 aromatic rings. The third-order valence-electron chi connectivity index (χ3n) is 2.39. The number of pyridine rings is 1. The van der Waals surface area contributed by atoms with Crippen molar-refractivity contribution in [2.75, 3.05) is 0 Å². The fourth-order valence-corrected chi connectivity index (χ4v) is 2.74. The van der Waals surface area contributed by atoms with Crippen LogP contribution in [0.25, 0.3) is 0 Å². The van der Waals surface area contributed by atoms with Gasteiger partial charge in [-0.3, -0.25) is 0 Å². The molecule has 1 heterocycles. The van der Waals surface area contributed by atoms with Gasteiger partial charge in [0.1, 0.15) is 10.8 Å².